The van der Waals surface area contributed by atoms with Crippen molar-refractivity contribution in [3.8, 4) is 5.75 Å². The maximum atomic E-state index is 13.0. The van der Waals surface area contributed by atoms with Crippen LogP contribution >= 0.6 is 0 Å². The summed E-state index contributed by atoms with van der Waals surface area (Å²) in [4.78, 5) is 29.5. The summed E-state index contributed by atoms with van der Waals surface area (Å²) < 4.78 is 10.7. The molecule has 3 heterocycles. The van der Waals surface area contributed by atoms with E-state index in [0.29, 0.717) is 63.5 Å². The lowest BCUT2D eigenvalue weighted by atomic mass is 9.82. The van der Waals surface area contributed by atoms with Crippen LogP contribution in [-0.4, -0.2) is 79.8 Å². The second kappa shape index (κ2) is 7.72. The van der Waals surface area contributed by atoms with Crippen molar-refractivity contribution in [3.63, 3.8) is 0 Å². The van der Waals surface area contributed by atoms with E-state index in [1.54, 1.807) is 19.2 Å². The largest absolute Gasteiger partial charge is 0.497 e. The number of hydrogen-bond donors (Lipinski definition) is 1. The molecule has 3 aliphatic heterocycles. The number of likely N-dealkylation sites (tertiary alicyclic amines) is 2. The SMILES string of the molecule is COc1cccc(C(=O)N2CCC(C(=O)N3C[C@H]4COC[C@@]4(CO)C3)CC2)c1. The number of carbonyl (C=O) groups is 2. The van der Waals surface area contributed by atoms with Gasteiger partial charge in [0.2, 0.25) is 5.91 Å². The average Bonchev–Trinajstić information content (AvgIpc) is 3.30. The molecule has 3 aliphatic rings. The highest BCUT2D eigenvalue weighted by Gasteiger charge is 2.52. The molecule has 7 nitrogen and oxygen atoms in total. The van der Waals surface area contributed by atoms with Crippen LogP contribution in [0.4, 0.5) is 0 Å². The lowest BCUT2D eigenvalue weighted by molar-refractivity contribution is -0.136. The molecule has 1 aromatic rings. The van der Waals surface area contributed by atoms with Crippen LogP contribution in [0.2, 0.25) is 0 Å². The number of ether oxygens (including phenoxy) is 2. The number of amides is 2. The Morgan fingerprint density at radius 1 is 1.29 bits per heavy atom. The first-order valence-electron chi connectivity index (χ1n) is 9.97. The first kappa shape index (κ1) is 19.2. The van der Waals surface area contributed by atoms with Crippen molar-refractivity contribution in [2.75, 3.05) is 53.1 Å². The van der Waals surface area contributed by atoms with Gasteiger partial charge in [-0.25, -0.2) is 0 Å². The minimum absolute atomic E-state index is 0.0168. The van der Waals surface area contributed by atoms with Gasteiger partial charge < -0.3 is 24.4 Å². The molecule has 28 heavy (non-hydrogen) atoms. The molecular weight excluding hydrogens is 360 g/mol. The molecule has 2 atom stereocenters. The zero-order chi connectivity index (χ0) is 19.7. The molecule has 0 unspecified atom stereocenters. The van der Waals surface area contributed by atoms with E-state index in [9.17, 15) is 14.7 Å². The minimum Gasteiger partial charge on any atom is -0.497 e. The van der Waals surface area contributed by atoms with Crippen LogP contribution in [0.15, 0.2) is 24.3 Å². The van der Waals surface area contributed by atoms with Gasteiger partial charge in [-0.2, -0.15) is 0 Å². The van der Waals surface area contributed by atoms with E-state index in [1.165, 1.54) is 0 Å². The number of hydrogen-bond acceptors (Lipinski definition) is 5. The molecule has 3 saturated heterocycles. The van der Waals surface area contributed by atoms with Crippen molar-refractivity contribution in [1.82, 2.24) is 9.80 Å². The molecule has 0 aliphatic carbocycles. The number of carbonyl (C=O) groups excluding carboxylic acids is 2. The van der Waals surface area contributed by atoms with E-state index in [1.807, 2.05) is 21.9 Å². The van der Waals surface area contributed by atoms with Crippen molar-refractivity contribution < 1.29 is 24.2 Å². The van der Waals surface area contributed by atoms with Gasteiger partial charge in [0.1, 0.15) is 5.75 Å². The third-order valence-electron chi connectivity index (χ3n) is 6.60. The number of benzene rings is 1. The van der Waals surface area contributed by atoms with Crippen LogP contribution in [0.25, 0.3) is 0 Å². The van der Waals surface area contributed by atoms with Crippen LogP contribution in [0, 0.1) is 17.3 Å². The van der Waals surface area contributed by atoms with Crippen LogP contribution in [-0.2, 0) is 9.53 Å². The van der Waals surface area contributed by atoms with Gasteiger partial charge in [0.05, 0.1) is 26.9 Å². The smallest absolute Gasteiger partial charge is 0.253 e. The average molecular weight is 388 g/mol. The summed E-state index contributed by atoms with van der Waals surface area (Å²) in [5.74, 6) is 0.992. The summed E-state index contributed by atoms with van der Waals surface area (Å²) in [6.07, 6.45) is 1.36. The monoisotopic (exact) mass is 388 g/mol. The van der Waals surface area contributed by atoms with E-state index in [-0.39, 0.29) is 35.7 Å². The highest BCUT2D eigenvalue weighted by Crippen LogP contribution is 2.41. The number of aliphatic hydroxyl groups excluding tert-OH is 1. The van der Waals surface area contributed by atoms with Crippen LogP contribution in [0.1, 0.15) is 23.2 Å². The lowest BCUT2D eigenvalue weighted by Crippen LogP contribution is -2.45. The molecule has 7 heteroatoms. The second-order valence-electron chi connectivity index (χ2n) is 8.25. The maximum absolute atomic E-state index is 13.0. The molecule has 0 radical (unpaired) electrons. The predicted octanol–water partition coefficient (Wildman–Crippen LogP) is 1.01. The highest BCUT2D eigenvalue weighted by molar-refractivity contribution is 5.94. The number of aliphatic hydroxyl groups is 1. The molecule has 4 rings (SSSR count). The van der Waals surface area contributed by atoms with Gasteiger partial charge in [-0.15, -0.1) is 0 Å². The fraction of sp³-hybridized carbons (Fsp3) is 0.619. The van der Waals surface area contributed by atoms with E-state index >= 15 is 0 Å². The Hall–Kier alpha value is -2.12. The molecule has 1 N–H and O–H groups in total. The molecular formula is C21H28N2O5. The van der Waals surface area contributed by atoms with E-state index in [2.05, 4.69) is 0 Å². The Morgan fingerprint density at radius 3 is 2.75 bits per heavy atom. The summed E-state index contributed by atoms with van der Waals surface area (Å²) in [6.45, 7) is 3.63. The Labute approximate surface area is 165 Å². The highest BCUT2D eigenvalue weighted by atomic mass is 16.5. The van der Waals surface area contributed by atoms with Gasteiger partial charge in [-0.3, -0.25) is 9.59 Å². The van der Waals surface area contributed by atoms with E-state index < -0.39 is 0 Å². The van der Waals surface area contributed by atoms with Crippen molar-refractivity contribution in [3.05, 3.63) is 29.8 Å². The van der Waals surface area contributed by atoms with Gasteiger partial charge in [-0.05, 0) is 31.0 Å². The summed E-state index contributed by atoms with van der Waals surface area (Å²) in [5, 5.41) is 9.81. The third-order valence-corrected chi connectivity index (χ3v) is 6.60. The molecule has 0 saturated carbocycles. The van der Waals surface area contributed by atoms with Crippen molar-refractivity contribution >= 4 is 11.8 Å². The summed E-state index contributed by atoms with van der Waals surface area (Å²) in [5.41, 5.74) is 0.333. The topological polar surface area (TPSA) is 79.3 Å². The Bertz CT molecular complexity index is 746. The van der Waals surface area contributed by atoms with Crippen molar-refractivity contribution in [2.45, 2.75) is 12.8 Å². The first-order valence-corrected chi connectivity index (χ1v) is 9.97. The second-order valence-corrected chi connectivity index (χ2v) is 8.25. The quantitative estimate of drug-likeness (QED) is 0.833. The maximum Gasteiger partial charge on any atom is 0.253 e. The number of nitrogens with zero attached hydrogens (tertiary/aromatic N) is 2. The van der Waals surface area contributed by atoms with Crippen molar-refractivity contribution in [1.29, 1.82) is 0 Å². The number of methoxy groups -OCH3 is 1. The first-order chi connectivity index (χ1) is 13.6. The number of piperidine rings is 1. The molecule has 0 aromatic heterocycles. The zero-order valence-corrected chi connectivity index (χ0v) is 16.3. The molecule has 2 amide bonds. The summed E-state index contributed by atoms with van der Waals surface area (Å²) in [7, 11) is 1.58. The van der Waals surface area contributed by atoms with Crippen LogP contribution < -0.4 is 4.74 Å². The van der Waals surface area contributed by atoms with Gasteiger partial charge >= 0.3 is 0 Å². The normalized spacial score (nSPS) is 27.7. The Kier molecular flexibility index (Phi) is 5.29. The third kappa shape index (κ3) is 3.37. The fourth-order valence-electron chi connectivity index (χ4n) is 4.75. The molecule has 0 bridgehead atoms. The standard InChI is InChI=1S/C21H28N2O5/c1-27-18-4-2-3-16(9-18)20(26)22-7-5-15(6-8-22)19(25)23-10-17-11-28-14-21(17,12-23)13-24/h2-4,9,15,17,24H,5-8,10-14H2,1H3/t17-,21-/m0/s1. The van der Waals surface area contributed by atoms with Gasteiger partial charge in [-0.1, -0.05) is 6.07 Å². The summed E-state index contributed by atoms with van der Waals surface area (Å²) in [6, 6.07) is 7.17. The minimum atomic E-state index is -0.279. The number of rotatable bonds is 4. The molecule has 0 spiro atoms. The van der Waals surface area contributed by atoms with E-state index in [4.69, 9.17) is 9.47 Å². The van der Waals surface area contributed by atoms with Crippen LogP contribution in [0.5, 0.6) is 5.75 Å². The van der Waals surface area contributed by atoms with Gasteiger partial charge in [0, 0.05) is 49.0 Å². The lowest BCUT2D eigenvalue weighted by Gasteiger charge is -2.34. The zero-order valence-electron chi connectivity index (χ0n) is 16.3. The van der Waals surface area contributed by atoms with Gasteiger partial charge in [0.15, 0.2) is 0 Å². The fourth-order valence-corrected chi connectivity index (χ4v) is 4.75. The van der Waals surface area contributed by atoms with Crippen molar-refractivity contribution in [2.24, 2.45) is 17.3 Å². The van der Waals surface area contributed by atoms with E-state index in [0.717, 1.165) is 0 Å². The Morgan fingerprint density at radius 2 is 2.07 bits per heavy atom. The summed E-state index contributed by atoms with van der Waals surface area (Å²) >= 11 is 0. The molecule has 152 valence electrons. The molecule has 3 fully saturated rings. The number of fused-ring (bicyclic) bond motifs is 1. The predicted molar refractivity (Wildman–Crippen MR) is 102 cm³/mol. The van der Waals surface area contributed by atoms with Gasteiger partial charge in [0.25, 0.3) is 5.91 Å². The molecule has 1 aromatic carbocycles. The van der Waals surface area contributed by atoms with Crippen LogP contribution in [0.3, 0.4) is 0 Å². The Balaban J connectivity index is 1.34.